The molecular formula is C15H15NO4. The number of benzene rings is 1. The minimum Gasteiger partial charge on any atom is -0.497 e. The van der Waals surface area contributed by atoms with E-state index >= 15 is 0 Å². The lowest BCUT2D eigenvalue weighted by Crippen LogP contribution is -2.06. The highest BCUT2D eigenvalue weighted by molar-refractivity contribution is 5.74. The van der Waals surface area contributed by atoms with E-state index in [1.54, 1.807) is 7.11 Å². The van der Waals surface area contributed by atoms with Crippen molar-refractivity contribution in [2.75, 3.05) is 7.11 Å². The molecule has 0 atom stereocenters. The summed E-state index contributed by atoms with van der Waals surface area (Å²) in [6.45, 7) is 0.162. The fourth-order valence-electron chi connectivity index (χ4n) is 1.82. The fraction of sp³-hybridized carbons (Fsp3) is 0.333. The number of carbonyl (C=O) groups excluding carboxylic acids is 1. The number of methoxy groups -OCH3 is 1. The number of carbonyl (C=O) groups is 1. The number of nitrogens with zero attached hydrogens (tertiary/aromatic N) is 1. The van der Waals surface area contributed by atoms with Gasteiger partial charge in [0.2, 0.25) is 5.89 Å². The lowest BCUT2D eigenvalue weighted by Gasteiger charge is -2.00. The molecule has 1 aliphatic rings. The first-order chi connectivity index (χ1) is 9.76. The molecule has 2 aromatic rings. The van der Waals surface area contributed by atoms with E-state index in [1.165, 1.54) is 6.26 Å². The molecule has 0 N–H and O–H groups in total. The van der Waals surface area contributed by atoms with E-state index in [-0.39, 0.29) is 18.5 Å². The first-order valence-corrected chi connectivity index (χ1v) is 6.52. The van der Waals surface area contributed by atoms with Crippen LogP contribution in [-0.4, -0.2) is 18.1 Å². The van der Waals surface area contributed by atoms with E-state index in [2.05, 4.69) is 4.98 Å². The normalized spacial score (nSPS) is 14.1. The van der Waals surface area contributed by atoms with Crippen LogP contribution in [0.3, 0.4) is 0 Å². The van der Waals surface area contributed by atoms with Crippen molar-refractivity contribution in [3.8, 4) is 17.2 Å². The second-order valence-corrected chi connectivity index (χ2v) is 4.75. The molecule has 1 fully saturated rings. The molecule has 0 bridgehead atoms. The third kappa shape index (κ3) is 2.82. The Balaban J connectivity index is 1.64. The van der Waals surface area contributed by atoms with Gasteiger partial charge in [0.15, 0.2) is 0 Å². The largest absolute Gasteiger partial charge is 0.497 e. The lowest BCUT2D eigenvalue weighted by molar-refractivity contribution is -0.146. The molecular weight excluding hydrogens is 258 g/mol. The number of hydrogen-bond donors (Lipinski definition) is 0. The van der Waals surface area contributed by atoms with Gasteiger partial charge in [-0.3, -0.25) is 4.79 Å². The van der Waals surface area contributed by atoms with Gasteiger partial charge in [-0.25, -0.2) is 4.98 Å². The van der Waals surface area contributed by atoms with E-state index in [0.717, 1.165) is 24.2 Å². The van der Waals surface area contributed by atoms with Crippen LogP contribution in [0.1, 0.15) is 18.5 Å². The summed E-state index contributed by atoms with van der Waals surface area (Å²) in [4.78, 5) is 15.7. The first-order valence-electron chi connectivity index (χ1n) is 6.52. The molecule has 0 spiro atoms. The second-order valence-electron chi connectivity index (χ2n) is 4.75. The Morgan fingerprint density at radius 1 is 1.35 bits per heavy atom. The van der Waals surface area contributed by atoms with E-state index in [4.69, 9.17) is 13.9 Å². The summed E-state index contributed by atoms with van der Waals surface area (Å²) in [5.74, 6) is 1.24. The third-order valence-corrected chi connectivity index (χ3v) is 3.16. The van der Waals surface area contributed by atoms with Crippen LogP contribution in [0.2, 0.25) is 0 Å². The van der Waals surface area contributed by atoms with Crippen LogP contribution >= 0.6 is 0 Å². The molecule has 1 saturated carbocycles. The van der Waals surface area contributed by atoms with Crippen molar-refractivity contribution in [2.45, 2.75) is 19.4 Å². The summed E-state index contributed by atoms with van der Waals surface area (Å²) in [6, 6.07) is 7.41. The predicted octanol–water partition coefficient (Wildman–Crippen LogP) is 2.80. The number of ether oxygens (including phenoxy) is 2. The van der Waals surface area contributed by atoms with Crippen molar-refractivity contribution < 1.29 is 18.7 Å². The summed E-state index contributed by atoms with van der Waals surface area (Å²) >= 11 is 0. The smallest absolute Gasteiger partial charge is 0.309 e. The average molecular weight is 273 g/mol. The molecule has 20 heavy (non-hydrogen) atoms. The van der Waals surface area contributed by atoms with Crippen molar-refractivity contribution in [3.63, 3.8) is 0 Å². The molecule has 1 aromatic carbocycles. The van der Waals surface area contributed by atoms with Gasteiger partial charge in [-0.2, -0.15) is 0 Å². The van der Waals surface area contributed by atoms with Gasteiger partial charge in [-0.05, 0) is 37.1 Å². The molecule has 104 valence electrons. The fourth-order valence-corrected chi connectivity index (χ4v) is 1.82. The first kappa shape index (κ1) is 12.7. The van der Waals surface area contributed by atoms with Crippen LogP contribution in [-0.2, 0) is 16.1 Å². The maximum absolute atomic E-state index is 11.4. The number of hydrogen-bond acceptors (Lipinski definition) is 5. The van der Waals surface area contributed by atoms with E-state index in [0.29, 0.717) is 11.6 Å². The Morgan fingerprint density at radius 2 is 2.10 bits per heavy atom. The number of oxazole rings is 1. The van der Waals surface area contributed by atoms with Crippen molar-refractivity contribution in [1.29, 1.82) is 0 Å². The van der Waals surface area contributed by atoms with E-state index in [1.807, 2.05) is 24.3 Å². The molecule has 5 heteroatoms. The Morgan fingerprint density at radius 3 is 2.75 bits per heavy atom. The van der Waals surface area contributed by atoms with Crippen molar-refractivity contribution in [1.82, 2.24) is 4.98 Å². The molecule has 0 amide bonds. The summed E-state index contributed by atoms with van der Waals surface area (Å²) < 4.78 is 15.6. The molecule has 1 aromatic heterocycles. The van der Waals surface area contributed by atoms with Gasteiger partial charge in [0.25, 0.3) is 0 Å². The van der Waals surface area contributed by atoms with Crippen LogP contribution in [0.15, 0.2) is 34.9 Å². The topological polar surface area (TPSA) is 61.6 Å². The zero-order chi connectivity index (χ0) is 13.9. The Hall–Kier alpha value is -2.30. The van der Waals surface area contributed by atoms with E-state index < -0.39 is 0 Å². The average Bonchev–Trinajstić information content (AvgIpc) is 3.24. The zero-order valence-electron chi connectivity index (χ0n) is 11.2. The van der Waals surface area contributed by atoms with Crippen molar-refractivity contribution in [3.05, 3.63) is 36.2 Å². The number of aromatic nitrogens is 1. The quantitative estimate of drug-likeness (QED) is 0.784. The Bertz CT molecular complexity index is 599. The lowest BCUT2D eigenvalue weighted by atomic mass is 10.2. The minimum atomic E-state index is -0.140. The van der Waals surface area contributed by atoms with Gasteiger partial charge in [-0.1, -0.05) is 0 Å². The van der Waals surface area contributed by atoms with Gasteiger partial charge in [0.05, 0.1) is 13.0 Å². The molecule has 1 aliphatic carbocycles. The summed E-state index contributed by atoms with van der Waals surface area (Å²) in [5.41, 5.74) is 1.47. The third-order valence-electron chi connectivity index (χ3n) is 3.16. The zero-order valence-corrected chi connectivity index (χ0v) is 11.2. The molecule has 5 nitrogen and oxygen atoms in total. The van der Waals surface area contributed by atoms with Crippen molar-refractivity contribution >= 4 is 5.97 Å². The van der Waals surface area contributed by atoms with Crippen LogP contribution in [0.25, 0.3) is 11.5 Å². The van der Waals surface area contributed by atoms with Crippen LogP contribution in [0.5, 0.6) is 5.75 Å². The van der Waals surface area contributed by atoms with Crippen LogP contribution in [0.4, 0.5) is 0 Å². The second kappa shape index (κ2) is 5.36. The van der Waals surface area contributed by atoms with E-state index in [9.17, 15) is 4.79 Å². The molecule has 0 saturated heterocycles. The molecule has 0 unspecified atom stereocenters. The number of rotatable bonds is 5. The summed E-state index contributed by atoms with van der Waals surface area (Å²) in [5, 5.41) is 0. The van der Waals surface area contributed by atoms with Gasteiger partial charge < -0.3 is 13.9 Å². The molecule has 0 aliphatic heterocycles. The molecule has 0 radical (unpaired) electrons. The highest BCUT2D eigenvalue weighted by atomic mass is 16.5. The highest BCUT2D eigenvalue weighted by Crippen LogP contribution is 2.30. The predicted molar refractivity (Wildman–Crippen MR) is 71.0 cm³/mol. The van der Waals surface area contributed by atoms with Gasteiger partial charge in [-0.15, -0.1) is 0 Å². The Labute approximate surface area is 116 Å². The van der Waals surface area contributed by atoms with Gasteiger partial charge >= 0.3 is 5.97 Å². The van der Waals surface area contributed by atoms with Gasteiger partial charge in [0, 0.05) is 5.56 Å². The molecule has 3 rings (SSSR count). The SMILES string of the molecule is COc1ccc(-c2nc(COC(=O)C3CC3)co2)cc1. The Kier molecular flexibility index (Phi) is 3.41. The molecule has 1 heterocycles. The number of esters is 1. The van der Waals surface area contributed by atoms with Crippen LogP contribution < -0.4 is 4.74 Å². The minimum absolute atomic E-state index is 0.1000. The maximum Gasteiger partial charge on any atom is 0.309 e. The monoisotopic (exact) mass is 273 g/mol. The van der Waals surface area contributed by atoms with Crippen LogP contribution in [0, 0.1) is 5.92 Å². The highest BCUT2D eigenvalue weighted by Gasteiger charge is 2.31. The standard InChI is InChI=1S/C15H15NO4/c1-18-13-6-4-10(5-7-13)14-16-12(8-19-14)9-20-15(17)11-2-3-11/h4-8,11H,2-3,9H2,1H3. The van der Waals surface area contributed by atoms with Crippen molar-refractivity contribution in [2.24, 2.45) is 5.92 Å². The summed E-state index contributed by atoms with van der Waals surface area (Å²) in [6.07, 6.45) is 3.39. The summed E-state index contributed by atoms with van der Waals surface area (Å²) in [7, 11) is 1.62. The van der Waals surface area contributed by atoms with Gasteiger partial charge in [0.1, 0.15) is 24.3 Å². The maximum atomic E-state index is 11.4.